The van der Waals surface area contributed by atoms with E-state index in [-0.39, 0.29) is 0 Å². The second-order valence-electron chi connectivity index (χ2n) is 6.10. The first kappa shape index (κ1) is 14.1. The first-order valence-electron chi connectivity index (χ1n) is 8.00. The summed E-state index contributed by atoms with van der Waals surface area (Å²) in [7, 11) is 0. The SMILES string of the molecule is CCCNCC1CCC(CN2Cc3ccccc3C2)O1. The largest absolute Gasteiger partial charge is 0.372 e. The fraction of sp³-hybridized carbons (Fsp3) is 0.647. The summed E-state index contributed by atoms with van der Waals surface area (Å²) in [6.07, 6.45) is 4.48. The smallest absolute Gasteiger partial charge is 0.0707 e. The fourth-order valence-electron chi connectivity index (χ4n) is 3.33. The molecule has 0 aromatic heterocycles. The van der Waals surface area contributed by atoms with Gasteiger partial charge in [0.15, 0.2) is 0 Å². The molecule has 2 atom stereocenters. The molecule has 2 aliphatic heterocycles. The Bertz CT molecular complexity index is 410. The fourth-order valence-corrected chi connectivity index (χ4v) is 3.33. The number of hydrogen-bond donors (Lipinski definition) is 1. The van der Waals surface area contributed by atoms with Gasteiger partial charge in [0.05, 0.1) is 12.2 Å². The highest BCUT2D eigenvalue weighted by molar-refractivity contribution is 5.30. The molecule has 2 heterocycles. The lowest BCUT2D eigenvalue weighted by Crippen LogP contribution is -2.31. The molecular formula is C17H26N2O. The van der Waals surface area contributed by atoms with Crippen LogP contribution in [0.4, 0.5) is 0 Å². The summed E-state index contributed by atoms with van der Waals surface area (Å²) >= 11 is 0. The van der Waals surface area contributed by atoms with Crippen LogP contribution in [-0.2, 0) is 17.8 Å². The molecule has 110 valence electrons. The molecule has 0 spiro atoms. The maximum atomic E-state index is 6.16. The van der Waals surface area contributed by atoms with Gasteiger partial charge in [-0.25, -0.2) is 0 Å². The van der Waals surface area contributed by atoms with Crippen molar-refractivity contribution >= 4 is 0 Å². The summed E-state index contributed by atoms with van der Waals surface area (Å²) in [6.45, 7) is 7.59. The molecule has 0 bridgehead atoms. The van der Waals surface area contributed by atoms with E-state index in [0.717, 1.165) is 32.7 Å². The minimum Gasteiger partial charge on any atom is -0.372 e. The standard InChI is InChI=1S/C17H26N2O/c1-2-9-18-10-16-7-8-17(20-16)13-19-11-14-5-3-4-6-15(14)12-19/h3-6,16-18H,2,7-13H2,1H3. The molecule has 0 amide bonds. The zero-order valence-corrected chi connectivity index (χ0v) is 12.5. The Morgan fingerprint density at radius 2 is 1.85 bits per heavy atom. The minimum atomic E-state index is 0.427. The van der Waals surface area contributed by atoms with E-state index < -0.39 is 0 Å². The molecule has 1 aromatic carbocycles. The van der Waals surface area contributed by atoms with Crippen molar-refractivity contribution in [1.29, 1.82) is 0 Å². The lowest BCUT2D eigenvalue weighted by Gasteiger charge is -2.20. The van der Waals surface area contributed by atoms with Gasteiger partial charge in [-0.05, 0) is 36.9 Å². The van der Waals surface area contributed by atoms with Gasteiger partial charge in [-0.2, -0.15) is 0 Å². The molecule has 1 saturated heterocycles. The highest BCUT2D eigenvalue weighted by Gasteiger charge is 2.28. The molecule has 1 aromatic rings. The van der Waals surface area contributed by atoms with E-state index in [2.05, 4.69) is 41.4 Å². The van der Waals surface area contributed by atoms with E-state index in [0.29, 0.717) is 12.2 Å². The van der Waals surface area contributed by atoms with Crippen molar-refractivity contribution < 1.29 is 4.74 Å². The molecule has 1 fully saturated rings. The Balaban J connectivity index is 1.42. The lowest BCUT2D eigenvalue weighted by molar-refractivity contribution is 0.0227. The van der Waals surface area contributed by atoms with Crippen molar-refractivity contribution in [3.63, 3.8) is 0 Å². The molecule has 1 N–H and O–H groups in total. The molecule has 0 saturated carbocycles. The van der Waals surface area contributed by atoms with Crippen LogP contribution in [0.3, 0.4) is 0 Å². The van der Waals surface area contributed by atoms with Gasteiger partial charge in [-0.1, -0.05) is 31.2 Å². The second-order valence-corrected chi connectivity index (χ2v) is 6.10. The van der Waals surface area contributed by atoms with Crippen LogP contribution < -0.4 is 5.32 Å². The Hall–Kier alpha value is -0.900. The van der Waals surface area contributed by atoms with Crippen LogP contribution in [-0.4, -0.2) is 36.7 Å². The Labute approximate surface area is 122 Å². The molecule has 3 nitrogen and oxygen atoms in total. The average Bonchev–Trinajstić information content (AvgIpc) is 3.05. The molecule has 0 radical (unpaired) electrons. The van der Waals surface area contributed by atoms with Crippen molar-refractivity contribution in [2.75, 3.05) is 19.6 Å². The number of benzene rings is 1. The molecular weight excluding hydrogens is 248 g/mol. The van der Waals surface area contributed by atoms with Crippen molar-refractivity contribution in [3.05, 3.63) is 35.4 Å². The third-order valence-electron chi connectivity index (χ3n) is 4.36. The van der Waals surface area contributed by atoms with Crippen LogP contribution in [0.1, 0.15) is 37.3 Å². The van der Waals surface area contributed by atoms with Gasteiger partial charge in [0.1, 0.15) is 0 Å². The van der Waals surface area contributed by atoms with Crippen LogP contribution in [0.15, 0.2) is 24.3 Å². The maximum Gasteiger partial charge on any atom is 0.0707 e. The third-order valence-corrected chi connectivity index (χ3v) is 4.36. The van der Waals surface area contributed by atoms with Gasteiger partial charge >= 0.3 is 0 Å². The molecule has 20 heavy (non-hydrogen) atoms. The van der Waals surface area contributed by atoms with Crippen LogP contribution in [0.25, 0.3) is 0 Å². The maximum absolute atomic E-state index is 6.16. The lowest BCUT2D eigenvalue weighted by atomic mass is 10.1. The van der Waals surface area contributed by atoms with Crippen molar-refractivity contribution in [2.45, 2.75) is 51.5 Å². The number of rotatable bonds is 6. The van der Waals surface area contributed by atoms with Gasteiger partial charge < -0.3 is 10.1 Å². The van der Waals surface area contributed by atoms with E-state index >= 15 is 0 Å². The van der Waals surface area contributed by atoms with Gasteiger partial charge in [0.2, 0.25) is 0 Å². The monoisotopic (exact) mass is 274 g/mol. The van der Waals surface area contributed by atoms with Crippen LogP contribution in [0.5, 0.6) is 0 Å². The van der Waals surface area contributed by atoms with Crippen LogP contribution >= 0.6 is 0 Å². The minimum absolute atomic E-state index is 0.427. The Morgan fingerprint density at radius 3 is 2.55 bits per heavy atom. The number of fused-ring (bicyclic) bond motifs is 1. The second kappa shape index (κ2) is 6.70. The first-order chi connectivity index (χ1) is 9.85. The van der Waals surface area contributed by atoms with E-state index in [9.17, 15) is 0 Å². The zero-order valence-electron chi connectivity index (χ0n) is 12.5. The molecule has 2 unspecified atom stereocenters. The topological polar surface area (TPSA) is 24.5 Å². The van der Waals surface area contributed by atoms with Gasteiger partial charge in [-0.15, -0.1) is 0 Å². The Kier molecular flexibility index (Phi) is 4.71. The first-order valence-corrected chi connectivity index (χ1v) is 8.00. The van der Waals surface area contributed by atoms with Gasteiger partial charge in [0, 0.05) is 26.2 Å². The van der Waals surface area contributed by atoms with Crippen LogP contribution in [0, 0.1) is 0 Å². The summed E-state index contributed by atoms with van der Waals surface area (Å²) < 4.78 is 6.16. The highest BCUT2D eigenvalue weighted by atomic mass is 16.5. The number of hydrogen-bond acceptors (Lipinski definition) is 3. The summed E-state index contributed by atoms with van der Waals surface area (Å²) in [5.41, 5.74) is 2.98. The summed E-state index contributed by atoms with van der Waals surface area (Å²) in [4.78, 5) is 2.52. The van der Waals surface area contributed by atoms with Crippen molar-refractivity contribution in [3.8, 4) is 0 Å². The molecule has 3 heteroatoms. The van der Waals surface area contributed by atoms with E-state index in [1.807, 2.05) is 0 Å². The van der Waals surface area contributed by atoms with Crippen molar-refractivity contribution in [1.82, 2.24) is 10.2 Å². The quantitative estimate of drug-likeness (QED) is 0.807. The van der Waals surface area contributed by atoms with E-state index in [4.69, 9.17) is 4.74 Å². The predicted molar refractivity (Wildman–Crippen MR) is 81.6 cm³/mol. The zero-order chi connectivity index (χ0) is 13.8. The normalized spacial score (nSPS) is 26.1. The van der Waals surface area contributed by atoms with E-state index in [1.54, 1.807) is 0 Å². The highest BCUT2D eigenvalue weighted by Crippen LogP contribution is 2.26. The number of nitrogens with one attached hydrogen (secondary N) is 1. The molecule has 0 aliphatic carbocycles. The Morgan fingerprint density at radius 1 is 1.15 bits per heavy atom. The van der Waals surface area contributed by atoms with Crippen molar-refractivity contribution in [2.24, 2.45) is 0 Å². The summed E-state index contributed by atoms with van der Waals surface area (Å²) in [5, 5.41) is 3.47. The van der Waals surface area contributed by atoms with Crippen LogP contribution in [0.2, 0.25) is 0 Å². The predicted octanol–water partition coefficient (Wildman–Crippen LogP) is 2.55. The third kappa shape index (κ3) is 3.40. The molecule has 3 rings (SSSR count). The molecule has 2 aliphatic rings. The van der Waals surface area contributed by atoms with Gasteiger partial charge in [-0.3, -0.25) is 4.90 Å². The summed E-state index contributed by atoms with van der Waals surface area (Å²) in [5.74, 6) is 0. The number of nitrogens with zero attached hydrogens (tertiary/aromatic N) is 1. The summed E-state index contributed by atoms with van der Waals surface area (Å²) in [6, 6.07) is 8.79. The number of ether oxygens (including phenoxy) is 1. The average molecular weight is 274 g/mol. The van der Waals surface area contributed by atoms with E-state index in [1.165, 1.54) is 30.4 Å². The van der Waals surface area contributed by atoms with Gasteiger partial charge in [0.25, 0.3) is 0 Å².